The molecule has 6 nitrogen and oxygen atoms in total. The summed E-state index contributed by atoms with van der Waals surface area (Å²) in [5.41, 5.74) is 3.38. The Morgan fingerprint density at radius 1 is 1.33 bits per heavy atom. The molecule has 1 aliphatic heterocycles. The van der Waals surface area contributed by atoms with Crippen molar-refractivity contribution in [2.75, 3.05) is 12.3 Å². The molecule has 0 radical (unpaired) electrons. The first-order valence-electron chi connectivity index (χ1n) is 8.72. The molecule has 0 saturated heterocycles. The number of aryl methyl sites for hydroxylation is 1. The van der Waals surface area contributed by atoms with Crippen LogP contribution in [0.4, 0.5) is 0 Å². The number of carbonyl (C=O) groups is 1. The zero-order chi connectivity index (χ0) is 18.8. The van der Waals surface area contributed by atoms with Crippen LogP contribution in [0.25, 0.3) is 0 Å². The van der Waals surface area contributed by atoms with Crippen LogP contribution < -0.4 is 0 Å². The van der Waals surface area contributed by atoms with E-state index in [0.29, 0.717) is 31.1 Å². The van der Waals surface area contributed by atoms with E-state index in [9.17, 15) is 9.90 Å². The number of hydrogen-bond donors (Lipinski definition) is 1. The lowest BCUT2D eigenvalue weighted by atomic mass is 10.1. The first kappa shape index (κ1) is 18.2. The summed E-state index contributed by atoms with van der Waals surface area (Å²) in [6.45, 7) is 3.75. The van der Waals surface area contributed by atoms with Gasteiger partial charge in [0.05, 0.1) is 30.2 Å². The molecule has 0 spiro atoms. The molecule has 8 heteroatoms. The number of carbonyl (C=O) groups excluding carboxylic acids is 1. The average molecular weight is 401 g/mol. The molecule has 0 aliphatic carbocycles. The highest BCUT2D eigenvalue weighted by atomic mass is 32.2. The number of hydrogen-bond acceptors (Lipinski definition) is 6. The van der Waals surface area contributed by atoms with Crippen LogP contribution in [-0.2, 0) is 17.9 Å². The molecule has 0 fully saturated rings. The van der Waals surface area contributed by atoms with E-state index >= 15 is 0 Å². The molecular formula is C19H20N4O2S2. The molecule has 27 heavy (non-hydrogen) atoms. The van der Waals surface area contributed by atoms with Gasteiger partial charge in [0.2, 0.25) is 5.91 Å². The predicted molar refractivity (Wildman–Crippen MR) is 106 cm³/mol. The summed E-state index contributed by atoms with van der Waals surface area (Å²) < 4.78 is 2.82. The quantitative estimate of drug-likeness (QED) is 0.667. The van der Waals surface area contributed by atoms with E-state index < -0.39 is 6.10 Å². The summed E-state index contributed by atoms with van der Waals surface area (Å²) in [5, 5.41) is 17.1. The minimum atomic E-state index is -0.753. The predicted octanol–water partition coefficient (Wildman–Crippen LogP) is 2.86. The highest BCUT2D eigenvalue weighted by Crippen LogP contribution is 2.25. The Hall–Kier alpha value is -2.16. The minimum absolute atomic E-state index is 0.102. The van der Waals surface area contributed by atoms with Crippen LogP contribution in [0.5, 0.6) is 0 Å². The molecule has 3 heterocycles. The van der Waals surface area contributed by atoms with Gasteiger partial charge >= 0.3 is 0 Å². The number of aliphatic hydroxyl groups excluding tert-OH is 1. The zero-order valence-corrected chi connectivity index (χ0v) is 16.5. The summed E-state index contributed by atoms with van der Waals surface area (Å²) in [6, 6.07) is 11.4. The standard InChI is InChI=1S/C19H20N4O2S2/c1-13-11-26-19(20-13)27-12-17(24)22-7-8-23-15(10-22)9-16(21-23)18(25)14-5-3-2-4-6-14/h2-6,9,11,18,25H,7-8,10,12H2,1H3. The van der Waals surface area contributed by atoms with Gasteiger partial charge in [-0.25, -0.2) is 4.98 Å². The highest BCUT2D eigenvalue weighted by Gasteiger charge is 2.24. The molecule has 2 aromatic heterocycles. The molecule has 1 atom stereocenters. The maximum absolute atomic E-state index is 12.6. The van der Waals surface area contributed by atoms with Crippen LogP contribution in [0, 0.1) is 6.92 Å². The van der Waals surface area contributed by atoms with Gasteiger partial charge in [-0.1, -0.05) is 42.1 Å². The number of aliphatic hydroxyl groups is 1. The number of thioether (sulfide) groups is 1. The van der Waals surface area contributed by atoms with E-state index in [4.69, 9.17) is 0 Å². The van der Waals surface area contributed by atoms with Crippen LogP contribution in [0.2, 0.25) is 0 Å². The largest absolute Gasteiger partial charge is 0.382 e. The summed E-state index contributed by atoms with van der Waals surface area (Å²) in [7, 11) is 0. The molecular weight excluding hydrogens is 380 g/mol. The lowest BCUT2D eigenvalue weighted by molar-refractivity contribution is -0.129. The van der Waals surface area contributed by atoms with Gasteiger partial charge in [0.15, 0.2) is 4.34 Å². The Morgan fingerprint density at radius 2 is 2.15 bits per heavy atom. The molecule has 4 rings (SSSR count). The number of amides is 1. The average Bonchev–Trinajstić information content (AvgIpc) is 3.31. The SMILES string of the molecule is Cc1csc(SCC(=O)N2CCn3nc(C(O)c4ccccc4)cc3C2)n1. The first-order valence-corrected chi connectivity index (χ1v) is 10.6. The normalized spacial score (nSPS) is 14.8. The third-order valence-electron chi connectivity index (χ3n) is 4.48. The zero-order valence-electron chi connectivity index (χ0n) is 14.9. The fourth-order valence-corrected chi connectivity index (χ4v) is 4.81. The van der Waals surface area contributed by atoms with Crippen molar-refractivity contribution in [3.05, 3.63) is 64.4 Å². The monoisotopic (exact) mass is 400 g/mol. The molecule has 3 aromatic rings. The smallest absolute Gasteiger partial charge is 0.233 e. The van der Waals surface area contributed by atoms with Crippen LogP contribution in [0.15, 0.2) is 46.1 Å². The van der Waals surface area contributed by atoms with Gasteiger partial charge in [-0.2, -0.15) is 5.10 Å². The molecule has 1 amide bonds. The van der Waals surface area contributed by atoms with Gasteiger partial charge in [-0.15, -0.1) is 11.3 Å². The first-order chi connectivity index (χ1) is 13.1. The van der Waals surface area contributed by atoms with Gasteiger partial charge in [0.1, 0.15) is 6.10 Å². The number of thiazole rings is 1. The van der Waals surface area contributed by atoms with E-state index in [1.54, 1.807) is 11.3 Å². The maximum atomic E-state index is 12.6. The van der Waals surface area contributed by atoms with Crippen molar-refractivity contribution in [3.8, 4) is 0 Å². The Kier molecular flexibility index (Phi) is 5.29. The summed E-state index contributed by atoms with van der Waals surface area (Å²) in [4.78, 5) is 18.8. The van der Waals surface area contributed by atoms with Crippen LogP contribution in [0.1, 0.15) is 28.7 Å². The van der Waals surface area contributed by atoms with E-state index in [0.717, 1.165) is 21.3 Å². The Balaban J connectivity index is 1.41. The highest BCUT2D eigenvalue weighted by molar-refractivity contribution is 8.01. The van der Waals surface area contributed by atoms with Crippen molar-refractivity contribution in [2.24, 2.45) is 0 Å². The number of benzene rings is 1. The molecule has 0 saturated carbocycles. The van der Waals surface area contributed by atoms with Crippen molar-refractivity contribution in [1.29, 1.82) is 0 Å². The molecule has 140 valence electrons. The minimum Gasteiger partial charge on any atom is -0.382 e. The summed E-state index contributed by atoms with van der Waals surface area (Å²) in [6.07, 6.45) is -0.753. The number of aromatic nitrogens is 3. The summed E-state index contributed by atoms with van der Waals surface area (Å²) in [5.74, 6) is 0.492. The Bertz CT molecular complexity index is 938. The number of fused-ring (bicyclic) bond motifs is 1. The lowest BCUT2D eigenvalue weighted by Crippen LogP contribution is -2.39. The second kappa shape index (κ2) is 7.84. The number of rotatable bonds is 5. The van der Waals surface area contributed by atoms with E-state index in [1.165, 1.54) is 11.8 Å². The Labute approximate surface area is 165 Å². The fraction of sp³-hybridized carbons (Fsp3) is 0.316. The molecule has 1 N–H and O–H groups in total. The lowest BCUT2D eigenvalue weighted by Gasteiger charge is -2.27. The van der Waals surface area contributed by atoms with E-state index in [1.807, 2.05) is 58.3 Å². The van der Waals surface area contributed by atoms with Gasteiger partial charge in [0, 0.05) is 17.6 Å². The third kappa shape index (κ3) is 4.07. The summed E-state index contributed by atoms with van der Waals surface area (Å²) >= 11 is 3.06. The second-order valence-electron chi connectivity index (χ2n) is 6.46. The second-order valence-corrected chi connectivity index (χ2v) is 8.54. The third-order valence-corrected chi connectivity index (χ3v) is 6.61. The van der Waals surface area contributed by atoms with Crippen molar-refractivity contribution in [2.45, 2.75) is 30.5 Å². The van der Waals surface area contributed by atoms with Gasteiger partial charge < -0.3 is 10.0 Å². The van der Waals surface area contributed by atoms with E-state index in [2.05, 4.69) is 10.1 Å². The molecule has 1 unspecified atom stereocenters. The molecule has 0 bridgehead atoms. The maximum Gasteiger partial charge on any atom is 0.233 e. The van der Waals surface area contributed by atoms with Crippen molar-refractivity contribution in [3.63, 3.8) is 0 Å². The topological polar surface area (TPSA) is 71.2 Å². The van der Waals surface area contributed by atoms with Crippen LogP contribution in [-0.4, -0.2) is 43.0 Å². The van der Waals surface area contributed by atoms with Crippen LogP contribution >= 0.6 is 23.1 Å². The van der Waals surface area contributed by atoms with Gasteiger partial charge in [-0.05, 0) is 18.6 Å². The van der Waals surface area contributed by atoms with Gasteiger partial charge in [-0.3, -0.25) is 9.48 Å². The van der Waals surface area contributed by atoms with Crippen molar-refractivity contribution >= 4 is 29.0 Å². The molecule has 1 aliphatic rings. The molecule has 1 aromatic carbocycles. The number of nitrogens with zero attached hydrogens (tertiary/aromatic N) is 4. The fourth-order valence-electron chi connectivity index (χ4n) is 3.05. The van der Waals surface area contributed by atoms with Gasteiger partial charge in [0.25, 0.3) is 0 Å². The Morgan fingerprint density at radius 3 is 2.89 bits per heavy atom. The van der Waals surface area contributed by atoms with Crippen molar-refractivity contribution in [1.82, 2.24) is 19.7 Å². The van der Waals surface area contributed by atoms with Crippen molar-refractivity contribution < 1.29 is 9.90 Å². The van der Waals surface area contributed by atoms with E-state index in [-0.39, 0.29) is 5.91 Å². The van der Waals surface area contributed by atoms with Crippen LogP contribution in [0.3, 0.4) is 0 Å².